The Morgan fingerprint density at radius 3 is 2.43 bits per heavy atom. The molecule has 0 saturated carbocycles. The third-order valence-corrected chi connectivity index (χ3v) is 6.88. The van der Waals surface area contributed by atoms with E-state index in [0.717, 1.165) is 25.7 Å². The molecule has 2 aromatic rings. The number of nitrogens with one attached hydrogen (secondary N) is 1. The van der Waals surface area contributed by atoms with Gasteiger partial charge in [0.25, 0.3) is 5.91 Å². The average molecular weight is 404 g/mol. The highest BCUT2D eigenvalue weighted by molar-refractivity contribution is 7.89. The lowest BCUT2D eigenvalue weighted by Gasteiger charge is -2.21. The van der Waals surface area contributed by atoms with Crippen LogP contribution in [0.15, 0.2) is 41.4 Å². The maximum atomic E-state index is 13.1. The number of methoxy groups -OCH3 is 1. The van der Waals surface area contributed by atoms with Gasteiger partial charge in [0.05, 0.1) is 17.6 Å². The summed E-state index contributed by atoms with van der Waals surface area (Å²) in [4.78, 5) is 16.7. The van der Waals surface area contributed by atoms with Crippen molar-refractivity contribution in [1.82, 2.24) is 9.29 Å². The molecule has 0 spiro atoms. The molecule has 1 fully saturated rings. The molecule has 7 nitrogen and oxygen atoms in total. The molecule has 3 rings (SSSR count). The van der Waals surface area contributed by atoms with Crippen molar-refractivity contribution in [2.45, 2.75) is 37.5 Å². The Balaban J connectivity index is 1.83. The number of nitrogens with zero attached hydrogens (tertiary/aromatic N) is 2. The number of pyridine rings is 1. The predicted molar refractivity (Wildman–Crippen MR) is 107 cm³/mol. The standard InChI is InChI=1S/C20H25N3O4S/c1-15-7-9-17(22-20(24)16-8-10-19(27-2)21-14-16)13-18(15)28(25,26)23-11-5-3-4-6-12-23/h7-10,13-14H,3-6,11-12H2,1-2H3,(H,22,24). The number of hydrogen-bond donors (Lipinski definition) is 1. The number of anilines is 1. The summed E-state index contributed by atoms with van der Waals surface area (Å²) in [6.07, 6.45) is 5.27. The zero-order chi connectivity index (χ0) is 20.1. The van der Waals surface area contributed by atoms with E-state index in [0.29, 0.717) is 35.8 Å². The second kappa shape index (κ2) is 8.70. The van der Waals surface area contributed by atoms with Crippen molar-refractivity contribution in [3.63, 3.8) is 0 Å². The quantitative estimate of drug-likeness (QED) is 0.828. The summed E-state index contributed by atoms with van der Waals surface area (Å²) in [7, 11) is -2.09. The summed E-state index contributed by atoms with van der Waals surface area (Å²) in [5, 5.41) is 2.75. The van der Waals surface area contributed by atoms with Crippen LogP contribution in [-0.4, -0.2) is 43.8 Å². The summed E-state index contributed by atoms with van der Waals surface area (Å²) < 4.78 is 32.8. The molecule has 1 N–H and O–H groups in total. The number of amides is 1. The van der Waals surface area contributed by atoms with Crippen LogP contribution in [0.2, 0.25) is 0 Å². The Kier molecular flexibility index (Phi) is 6.31. The molecule has 0 radical (unpaired) electrons. The van der Waals surface area contributed by atoms with Gasteiger partial charge in [-0.15, -0.1) is 0 Å². The van der Waals surface area contributed by atoms with Crippen LogP contribution in [0.4, 0.5) is 5.69 Å². The van der Waals surface area contributed by atoms with Crippen LogP contribution in [0.5, 0.6) is 5.88 Å². The molecule has 1 aliphatic rings. The van der Waals surface area contributed by atoms with Crippen molar-refractivity contribution in [3.05, 3.63) is 47.7 Å². The Morgan fingerprint density at radius 1 is 1.11 bits per heavy atom. The highest BCUT2D eigenvalue weighted by Gasteiger charge is 2.27. The zero-order valence-corrected chi connectivity index (χ0v) is 17.0. The molecule has 1 aliphatic heterocycles. The lowest BCUT2D eigenvalue weighted by molar-refractivity contribution is 0.102. The fourth-order valence-electron chi connectivity index (χ4n) is 3.22. The fraction of sp³-hybridized carbons (Fsp3) is 0.400. The third kappa shape index (κ3) is 4.51. The van der Waals surface area contributed by atoms with Gasteiger partial charge in [0.15, 0.2) is 0 Å². The van der Waals surface area contributed by atoms with E-state index < -0.39 is 10.0 Å². The van der Waals surface area contributed by atoms with Crippen molar-refractivity contribution >= 4 is 21.6 Å². The third-order valence-electron chi connectivity index (χ3n) is 4.84. The van der Waals surface area contributed by atoms with Gasteiger partial charge in [-0.2, -0.15) is 4.31 Å². The molecule has 1 aromatic carbocycles. The first kappa shape index (κ1) is 20.3. The summed E-state index contributed by atoms with van der Waals surface area (Å²) in [5.41, 5.74) is 1.45. The second-order valence-corrected chi connectivity index (χ2v) is 8.75. The van der Waals surface area contributed by atoms with Gasteiger partial charge >= 0.3 is 0 Å². The number of aryl methyl sites for hydroxylation is 1. The molecule has 0 atom stereocenters. The van der Waals surface area contributed by atoms with E-state index in [1.54, 1.807) is 35.5 Å². The van der Waals surface area contributed by atoms with Gasteiger partial charge < -0.3 is 10.1 Å². The monoisotopic (exact) mass is 403 g/mol. The van der Waals surface area contributed by atoms with Gasteiger partial charge in [0.2, 0.25) is 15.9 Å². The smallest absolute Gasteiger partial charge is 0.257 e. The molecule has 0 bridgehead atoms. The lowest BCUT2D eigenvalue weighted by atomic mass is 10.2. The van der Waals surface area contributed by atoms with Crippen molar-refractivity contribution in [2.75, 3.05) is 25.5 Å². The maximum absolute atomic E-state index is 13.1. The molecular weight excluding hydrogens is 378 g/mol. The Morgan fingerprint density at radius 2 is 1.82 bits per heavy atom. The van der Waals surface area contributed by atoms with E-state index in [-0.39, 0.29) is 10.8 Å². The molecule has 28 heavy (non-hydrogen) atoms. The molecule has 150 valence electrons. The summed E-state index contributed by atoms with van der Waals surface area (Å²) in [6, 6.07) is 8.14. The minimum atomic E-state index is -3.59. The SMILES string of the molecule is COc1ccc(C(=O)Nc2ccc(C)c(S(=O)(=O)N3CCCCCC3)c2)cn1. The highest BCUT2D eigenvalue weighted by atomic mass is 32.2. The Bertz CT molecular complexity index is 934. The van der Waals surface area contributed by atoms with Crippen LogP contribution >= 0.6 is 0 Å². The maximum Gasteiger partial charge on any atom is 0.257 e. The van der Waals surface area contributed by atoms with Crippen LogP contribution in [0, 0.1) is 6.92 Å². The molecule has 2 heterocycles. The number of benzene rings is 1. The highest BCUT2D eigenvalue weighted by Crippen LogP contribution is 2.26. The summed E-state index contributed by atoms with van der Waals surface area (Å²) in [5.74, 6) is 0.0508. The number of carbonyl (C=O) groups is 1. The second-order valence-electron chi connectivity index (χ2n) is 6.84. The first-order chi connectivity index (χ1) is 13.4. The van der Waals surface area contributed by atoms with Crippen molar-refractivity contribution in [3.8, 4) is 5.88 Å². The first-order valence-corrected chi connectivity index (χ1v) is 10.8. The van der Waals surface area contributed by atoms with Gasteiger partial charge in [-0.1, -0.05) is 18.9 Å². The number of rotatable bonds is 5. The Hall–Kier alpha value is -2.45. The van der Waals surface area contributed by atoms with Crippen LogP contribution in [0.3, 0.4) is 0 Å². The van der Waals surface area contributed by atoms with Gasteiger partial charge in [-0.3, -0.25) is 4.79 Å². The predicted octanol–water partition coefficient (Wildman–Crippen LogP) is 3.22. The molecular formula is C20H25N3O4S. The molecule has 1 amide bonds. The largest absolute Gasteiger partial charge is 0.481 e. The van der Waals surface area contributed by atoms with E-state index in [2.05, 4.69) is 10.3 Å². The van der Waals surface area contributed by atoms with Crippen LogP contribution < -0.4 is 10.1 Å². The van der Waals surface area contributed by atoms with Crippen molar-refractivity contribution < 1.29 is 17.9 Å². The van der Waals surface area contributed by atoms with Crippen LogP contribution in [0.1, 0.15) is 41.6 Å². The van der Waals surface area contributed by atoms with E-state index >= 15 is 0 Å². The van der Waals surface area contributed by atoms with Crippen LogP contribution in [-0.2, 0) is 10.0 Å². The number of sulfonamides is 1. The normalized spacial score (nSPS) is 15.6. The van der Waals surface area contributed by atoms with E-state index in [4.69, 9.17) is 4.74 Å². The number of ether oxygens (including phenoxy) is 1. The molecule has 1 aromatic heterocycles. The molecule has 8 heteroatoms. The van der Waals surface area contributed by atoms with Gasteiger partial charge in [-0.25, -0.2) is 13.4 Å². The summed E-state index contributed by atoms with van der Waals surface area (Å²) >= 11 is 0. The van der Waals surface area contributed by atoms with Crippen molar-refractivity contribution in [2.24, 2.45) is 0 Å². The number of hydrogen-bond acceptors (Lipinski definition) is 5. The van der Waals surface area contributed by atoms with Gasteiger partial charge in [0.1, 0.15) is 0 Å². The molecule has 0 unspecified atom stereocenters. The zero-order valence-electron chi connectivity index (χ0n) is 16.1. The van der Waals surface area contributed by atoms with Crippen LogP contribution in [0.25, 0.3) is 0 Å². The molecule has 1 saturated heterocycles. The van der Waals surface area contributed by atoms with E-state index in [9.17, 15) is 13.2 Å². The van der Waals surface area contributed by atoms with Crippen molar-refractivity contribution in [1.29, 1.82) is 0 Å². The summed E-state index contributed by atoms with van der Waals surface area (Å²) in [6.45, 7) is 2.84. The topological polar surface area (TPSA) is 88.6 Å². The fourth-order valence-corrected chi connectivity index (χ4v) is 4.98. The lowest BCUT2D eigenvalue weighted by Crippen LogP contribution is -2.32. The van der Waals surface area contributed by atoms with Gasteiger partial charge in [-0.05, 0) is 43.5 Å². The molecule has 0 aliphatic carbocycles. The number of carbonyl (C=O) groups excluding carboxylic acids is 1. The van der Waals surface area contributed by atoms with Gasteiger partial charge in [0, 0.05) is 31.0 Å². The first-order valence-electron chi connectivity index (χ1n) is 9.34. The van der Waals surface area contributed by atoms with E-state index in [1.165, 1.54) is 19.4 Å². The number of aromatic nitrogens is 1. The minimum absolute atomic E-state index is 0.236. The Labute approximate surface area is 165 Å². The van der Waals surface area contributed by atoms with E-state index in [1.807, 2.05) is 0 Å². The minimum Gasteiger partial charge on any atom is -0.481 e. The average Bonchev–Trinajstić information content (AvgIpc) is 2.99.